The molecule has 0 bridgehead atoms. The van der Waals surface area contributed by atoms with Crippen molar-refractivity contribution in [1.82, 2.24) is 4.90 Å². The van der Waals surface area contributed by atoms with Crippen LogP contribution in [0.3, 0.4) is 0 Å². The van der Waals surface area contributed by atoms with E-state index in [2.05, 4.69) is 28.0 Å². The Morgan fingerprint density at radius 2 is 1.82 bits per heavy atom. The number of nitrogens with zero attached hydrogens (tertiary/aromatic N) is 1. The van der Waals surface area contributed by atoms with Crippen LogP contribution in [-0.2, 0) is 0 Å². The number of rotatable bonds is 1. The molecule has 1 aliphatic heterocycles. The monoisotopic (exact) mass is 177 g/mol. The van der Waals surface area contributed by atoms with Gasteiger partial charge in [0.2, 0.25) is 0 Å². The second kappa shape index (κ2) is 3.37. The van der Waals surface area contributed by atoms with E-state index in [-0.39, 0.29) is 0 Å². The van der Waals surface area contributed by atoms with E-state index < -0.39 is 5.41 Å². The van der Waals surface area contributed by atoms with Gasteiger partial charge in [0.1, 0.15) is 5.41 Å². The zero-order chi connectivity index (χ0) is 8.48. The lowest BCUT2D eigenvalue weighted by Gasteiger charge is -2.36. The molecule has 0 aromatic carbocycles. The van der Waals surface area contributed by atoms with Gasteiger partial charge in [-0.1, -0.05) is 9.24 Å². The van der Waals surface area contributed by atoms with Crippen molar-refractivity contribution in [2.24, 2.45) is 0 Å². The lowest BCUT2D eigenvalue weighted by Crippen LogP contribution is -2.42. The lowest BCUT2D eigenvalue weighted by atomic mass is 10.1. The minimum atomic E-state index is -0.981. The molecule has 1 saturated heterocycles. The Kier molecular flexibility index (Phi) is 2.88. The molecule has 11 heavy (non-hydrogen) atoms. The maximum Gasteiger partial charge on any atom is 0.126 e. The fourth-order valence-corrected chi connectivity index (χ4v) is 1.67. The van der Waals surface area contributed by atoms with Crippen LogP contribution in [0.25, 0.3) is 0 Å². The Labute approximate surface area is 70.5 Å². The molecule has 1 unspecified atom stereocenters. The fraction of sp³-hybridized carbons (Fsp3) is 1.00. The number of hydrogen-bond acceptors (Lipinski definition) is 1. The third kappa shape index (κ3) is 2.68. The maximum absolute atomic E-state index is 13.2. The summed E-state index contributed by atoms with van der Waals surface area (Å²) in [6, 6.07) is 0.566. The van der Waals surface area contributed by atoms with Crippen molar-refractivity contribution in [3.05, 3.63) is 0 Å². The minimum Gasteiger partial charge on any atom is -0.301 e. The first kappa shape index (κ1) is 9.41. The maximum atomic E-state index is 13.2. The van der Waals surface area contributed by atoms with Crippen molar-refractivity contribution < 1.29 is 4.39 Å². The smallest absolute Gasteiger partial charge is 0.126 e. The first-order valence-corrected chi connectivity index (χ1v) is 4.81. The van der Waals surface area contributed by atoms with Crippen LogP contribution in [0.1, 0.15) is 26.7 Å². The highest BCUT2D eigenvalue weighted by molar-refractivity contribution is 7.18. The Bertz CT molecular complexity index is 126. The van der Waals surface area contributed by atoms with E-state index in [9.17, 15) is 4.39 Å². The van der Waals surface area contributed by atoms with Gasteiger partial charge in [0, 0.05) is 19.1 Å². The van der Waals surface area contributed by atoms with Gasteiger partial charge in [0.05, 0.1) is 0 Å². The van der Waals surface area contributed by atoms with E-state index in [4.69, 9.17) is 0 Å². The minimum absolute atomic E-state index is 0.566. The summed E-state index contributed by atoms with van der Waals surface area (Å²) in [5, 5.41) is -0.981. The molecule has 66 valence electrons. The SMILES string of the molecule is CC(C)N1CCC(F)(P)CC1. The highest BCUT2D eigenvalue weighted by Gasteiger charge is 2.30. The van der Waals surface area contributed by atoms with Gasteiger partial charge in [-0.05, 0) is 26.7 Å². The number of halogens is 1. The van der Waals surface area contributed by atoms with Crippen LogP contribution in [0.5, 0.6) is 0 Å². The molecule has 1 fully saturated rings. The van der Waals surface area contributed by atoms with E-state index in [0.29, 0.717) is 18.9 Å². The average molecular weight is 177 g/mol. The lowest BCUT2D eigenvalue weighted by molar-refractivity contribution is 0.105. The van der Waals surface area contributed by atoms with Crippen molar-refractivity contribution in [3.63, 3.8) is 0 Å². The number of likely N-dealkylation sites (tertiary alicyclic amines) is 1. The summed E-state index contributed by atoms with van der Waals surface area (Å²) >= 11 is 0. The normalized spacial score (nSPS) is 25.9. The summed E-state index contributed by atoms with van der Waals surface area (Å²) < 4.78 is 13.2. The summed E-state index contributed by atoms with van der Waals surface area (Å²) in [7, 11) is 2.32. The van der Waals surface area contributed by atoms with Gasteiger partial charge >= 0.3 is 0 Å². The van der Waals surface area contributed by atoms with Gasteiger partial charge in [-0.25, -0.2) is 4.39 Å². The molecule has 0 radical (unpaired) electrons. The van der Waals surface area contributed by atoms with E-state index >= 15 is 0 Å². The van der Waals surface area contributed by atoms with Gasteiger partial charge < -0.3 is 4.90 Å². The molecule has 0 spiro atoms. The molecule has 0 aliphatic carbocycles. The highest BCUT2D eigenvalue weighted by Crippen LogP contribution is 2.33. The zero-order valence-corrected chi connectivity index (χ0v) is 8.46. The van der Waals surface area contributed by atoms with Crippen LogP contribution in [0.4, 0.5) is 4.39 Å². The van der Waals surface area contributed by atoms with Crippen LogP contribution in [0.15, 0.2) is 0 Å². The van der Waals surface area contributed by atoms with Crippen molar-refractivity contribution in [2.75, 3.05) is 13.1 Å². The summed E-state index contributed by atoms with van der Waals surface area (Å²) in [6.07, 6.45) is 1.33. The quantitative estimate of drug-likeness (QED) is 0.554. The molecule has 0 aromatic heterocycles. The summed E-state index contributed by atoms with van der Waals surface area (Å²) in [4.78, 5) is 2.32. The number of piperidine rings is 1. The van der Waals surface area contributed by atoms with E-state index in [1.165, 1.54) is 0 Å². The zero-order valence-electron chi connectivity index (χ0n) is 7.31. The molecule has 1 atom stereocenters. The Morgan fingerprint density at radius 1 is 1.36 bits per heavy atom. The summed E-state index contributed by atoms with van der Waals surface area (Å²) in [5.41, 5.74) is 0. The molecule has 1 rings (SSSR count). The first-order chi connectivity index (χ1) is 5.01. The molecule has 0 N–H and O–H groups in total. The van der Waals surface area contributed by atoms with Crippen LogP contribution < -0.4 is 0 Å². The summed E-state index contributed by atoms with van der Waals surface area (Å²) in [5.74, 6) is 0. The van der Waals surface area contributed by atoms with Gasteiger partial charge in [0.25, 0.3) is 0 Å². The van der Waals surface area contributed by atoms with Gasteiger partial charge in [-0.15, -0.1) is 0 Å². The van der Waals surface area contributed by atoms with Crippen molar-refractivity contribution in [1.29, 1.82) is 0 Å². The summed E-state index contributed by atoms with van der Waals surface area (Å²) in [6.45, 7) is 6.12. The van der Waals surface area contributed by atoms with Crippen molar-refractivity contribution in [2.45, 2.75) is 38.1 Å². The molecular formula is C8H17FNP. The van der Waals surface area contributed by atoms with Crippen LogP contribution in [0, 0.1) is 0 Å². The first-order valence-electron chi connectivity index (χ1n) is 4.23. The van der Waals surface area contributed by atoms with Crippen molar-refractivity contribution in [3.8, 4) is 0 Å². The van der Waals surface area contributed by atoms with Gasteiger partial charge in [-0.3, -0.25) is 0 Å². The molecule has 1 aliphatic rings. The largest absolute Gasteiger partial charge is 0.301 e. The molecule has 3 heteroatoms. The molecule has 0 saturated carbocycles. The Morgan fingerprint density at radius 3 is 2.18 bits per heavy atom. The molecular weight excluding hydrogens is 160 g/mol. The molecule has 1 nitrogen and oxygen atoms in total. The van der Waals surface area contributed by atoms with E-state index in [0.717, 1.165) is 13.1 Å². The van der Waals surface area contributed by atoms with Gasteiger partial charge in [0.15, 0.2) is 0 Å². The second-order valence-electron chi connectivity index (χ2n) is 3.66. The van der Waals surface area contributed by atoms with Crippen LogP contribution >= 0.6 is 9.24 Å². The fourth-order valence-electron chi connectivity index (χ4n) is 1.41. The highest BCUT2D eigenvalue weighted by atomic mass is 31.0. The Hall–Kier alpha value is 0.320. The second-order valence-corrected chi connectivity index (χ2v) is 4.70. The third-order valence-electron chi connectivity index (χ3n) is 2.36. The third-order valence-corrected chi connectivity index (χ3v) is 2.94. The van der Waals surface area contributed by atoms with Gasteiger partial charge in [-0.2, -0.15) is 0 Å². The standard InChI is InChI=1S/C8H17FNP/c1-7(2)10-5-3-8(9,11)4-6-10/h7H,3-6,11H2,1-2H3. The van der Waals surface area contributed by atoms with E-state index in [1.807, 2.05) is 0 Å². The topological polar surface area (TPSA) is 3.24 Å². The molecule has 0 amide bonds. The molecule has 0 aromatic rings. The van der Waals surface area contributed by atoms with Crippen LogP contribution in [0.2, 0.25) is 0 Å². The Balaban J connectivity index is 2.36. The average Bonchev–Trinajstić information content (AvgIpc) is 1.86. The molecule has 1 heterocycles. The van der Waals surface area contributed by atoms with Crippen LogP contribution in [-0.4, -0.2) is 29.4 Å². The van der Waals surface area contributed by atoms with Crippen molar-refractivity contribution >= 4 is 9.24 Å². The van der Waals surface area contributed by atoms with E-state index in [1.54, 1.807) is 0 Å². The number of hydrogen-bond donors (Lipinski definition) is 0. The predicted octanol–water partition coefficient (Wildman–Crippen LogP) is 2.03. The number of alkyl halides is 1. The predicted molar refractivity (Wildman–Crippen MR) is 49.5 cm³/mol.